The molecule has 6 nitrogen and oxygen atoms in total. The summed E-state index contributed by atoms with van der Waals surface area (Å²) in [6.07, 6.45) is 0.671. The highest BCUT2D eigenvalue weighted by atomic mass is 16.1. The van der Waals surface area contributed by atoms with Crippen LogP contribution in [0.15, 0.2) is 35.1 Å². The van der Waals surface area contributed by atoms with Crippen LogP contribution in [0.3, 0.4) is 0 Å². The van der Waals surface area contributed by atoms with Gasteiger partial charge in [0, 0.05) is 6.42 Å². The van der Waals surface area contributed by atoms with Crippen molar-refractivity contribution in [3.63, 3.8) is 0 Å². The second-order valence-corrected chi connectivity index (χ2v) is 4.58. The number of aromatic amines is 1. The number of rotatable bonds is 3. The second kappa shape index (κ2) is 4.80. The number of fused-ring (bicyclic) bond motifs is 1. The summed E-state index contributed by atoms with van der Waals surface area (Å²) in [5, 5.41) is 0. The van der Waals surface area contributed by atoms with Crippen molar-refractivity contribution < 1.29 is 0 Å². The Balaban J connectivity index is 2.17. The van der Waals surface area contributed by atoms with E-state index in [0.717, 1.165) is 5.56 Å². The maximum Gasteiger partial charge on any atom is 0.328 e. The Morgan fingerprint density at radius 3 is 2.70 bits per heavy atom. The van der Waals surface area contributed by atoms with Crippen LogP contribution < -0.4 is 11.4 Å². The summed E-state index contributed by atoms with van der Waals surface area (Å²) in [5.74, 6) is 0.951. The van der Waals surface area contributed by atoms with Crippen LogP contribution in [-0.4, -0.2) is 19.5 Å². The van der Waals surface area contributed by atoms with Gasteiger partial charge in [-0.1, -0.05) is 37.3 Å². The number of hydrogen-bond acceptors (Lipinski definition) is 4. The maximum absolute atomic E-state index is 12.1. The molecule has 102 valence electrons. The monoisotopic (exact) mass is 269 g/mol. The zero-order valence-corrected chi connectivity index (χ0v) is 11.1. The van der Waals surface area contributed by atoms with E-state index in [2.05, 4.69) is 15.0 Å². The molecule has 0 amide bonds. The number of benzene rings is 1. The van der Waals surface area contributed by atoms with E-state index in [1.54, 1.807) is 4.57 Å². The Morgan fingerprint density at radius 1 is 1.25 bits per heavy atom. The summed E-state index contributed by atoms with van der Waals surface area (Å²) >= 11 is 0. The highest BCUT2D eigenvalue weighted by Crippen LogP contribution is 2.15. The van der Waals surface area contributed by atoms with E-state index in [4.69, 9.17) is 5.73 Å². The van der Waals surface area contributed by atoms with Crippen LogP contribution in [0.4, 0.5) is 5.82 Å². The van der Waals surface area contributed by atoms with E-state index in [0.29, 0.717) is 35.8 Å². The Hall–Kier alpha value is -2.63. The number of aromatic nitrogens is 4. The first kappa shape index (κ1) is 12.4. The van der Waals surface area contributed by atoms with Gasteiger partial charge in [0.2, 0.25) is 0 Å². The SMILES string of the molecule is CCc1nc(N)c2[nH]c(=O)n(Cc3ccccc3)c2n1. The van der Waals surface area contributed by atoms with Crippen LogP contribution in [0.25, 0.3) is 11.2 Å². The first-order valence-corrected chi connectivity index (χ1v) is 6.48. The normalized spacial score (nSPS) is 11.1. The molecule has 0 atom stereocenters. The fraction of sp³-hybridized carbons (Fsp3) is 0.214. The van der Waals surface area contributed by atoms with Gasteiger partial charge in [-0.3, -0.25) is 4.57 Å². The molecule has 0 fully saturated rings. The molecular formula is C14H15N5O. The van der Waals surface area contributed by atoms with E-state index >= 15 is 0 Å². The summed E-state index contributed by atoms with van der Waals surface area (Å²) in [7, 11) is 0. The quantitative estimate of drug-likeness (QED) is 0.750. The average Bonchev–Trinajstić information content (AvgIpc) is 2.77. The lowest BCUT2D eigenvalue weighted by molar-refractivity contribution is 0.773. The van der Waals surface area contributed by atoms with E-state index < -0.39 is 0 Å². The fourth-order valence-electron chi connectivity index (χ4n) is 2.17. The molecule has 1 aromatic carbocycles. The topological polar surface area (TPSA) is 89.6 Å². The van der Waals surface area contributed by atoms with Crippen LogP contribution in [0.2, 0.25) is 0 Å². The number of imidazole rings is 1. The number of nitrogens with two attached hydrogens (primary N) is 1. The van der Waals surface area contributed by atoms with Crippen molar-refractivity contribution in [2.75, 3.05) is 5.73 Å². The molecule has 0 aliphatic heterocycles. The van der Waals surface area contributed by atoms with Gasteiger partial charge >= 0.3 is 5.69 Å². The van der Waals surface area contributed by atoms with E-state index in [1.165, 1.54) is 0 Å². The van der Waals surface area contributed by atoms with Crippen molar-refractivity contribution in [2.24, 2.45) is 0 Å². The van der Waals surface area contributed by atoms with Crippen molar-refractivity contribution >= 4 is 17.0 Å². The third kappa shape index (κ3) is 2.05. The van der Waals surface area contributed by atoms with Crippen LogP contribution in [0.1, 0.15) is 18.3 Å². The Bertz CT molecular complexity index is 804. The van der Waals surface area contributed by atoms with Crippen molar-refractivity contribution in [1.82, 2.24) is 19.5 Å². The number of nitrogen functional groups attached to an aromatic ring is 1. The lowest BCUT2D eigenvalue weighted by Crippen LogP contribution is -2.17. The molecule has 0 saturated carbocycles. The lowest BCUT2D eigenvalue weighted by atomic mass is 10.2. The number of anilines is 1. The van der Waals surface area contributed by atoms with Gasteiger partial charge < -0.3 is 10.7 Å². The minimum absolute atomic E-state index is 0.224. The third-order valence-corrected chi connectivity index (χ3v) is 3.20. The van der Waals surface area contributed by atoms with E-state index in [9.17, 15) is 4.79 Å². The molecule has 6 heteroatoms. The maximum atomic E-state index is 12.1. The summed E-state index contributed by atoms with van der Waals surface area (Å²) in [6, 6.07) is 9.76. The molecule has 2 aromatic heterocycles. The van der Waals surface area contributed by atoms with Crippen molar-refractivity contribution in [2.45, 2.75) is 19.9 Å². The Labute approximate surface area is 115 Å². The highest BCUT2D eigenvalue weighted by molar-refractivity contribution is 5.81. The molecule has 0 saturated heterocycles. The fourth-order valence-corrected chi connectivity index (χ4v) is 2.17. The number of hydrogen-bond donors (Lipinski definition) is 2. The van der Waals surface area contributed by atoms with Crippen molar-refractivity contribution in [3.05, 3.63) is 52.2 Å². The molecule has 3 rings (SSSR count). The smallest absolute Gasteiger partial charge is 0.328 e. The lowest BCUT2D eigenvalue weighted by Gasteiger charge is -2.04. The van der Waals surface area contributed by atoms with Crippen LogP contribution in [0, 0.1) is 0 Å². The van der Waals surface area contributed by atoms with Gasteiger partial charge in [0.15, 0.2) is 11.5 Å². The summed E-state index contributed by atoms with van der Waals surface area (Å²) < 4.78 is 1.59. The predicted molar refractivity (Wildman–Crippen MR) is 77.5 cm³/mol. The zero-order valence-electron chi connectivity index (χ0n) is 11.1. The molecule has 3 aromatic rings. The van der Waals surface area contributed by atoms with Crippen LogP contribution in [0.5, 0.6) is 0 Å². The molecule has 0 aliphatic carbocycles. The van der Waals surface area contributed by atoms with Gasteiger partial charge in [-0.15, -0.1) is 0 Å². The summed E-state index contributed by atoms with van der Waals surface area (Å²) in [5.41, 5.74) is 7.74. The standard InChI is InChI=1S/C14H15N5O/c1-2-10-16-12(15)11-13(17-10)19(14(20)18-11)8-9-6-4-3-5-7-9/h3-7H,2,8H2,1H3,(H,18,20)(H2,15,16,17). The Kier molecular flexibility index (Phi) is 2.98. The number of aryl methyl sites for hydroxylation is 1. The molecular weight excluding hydrogens is 254 g/mol. The molecule has 20 heavy (non-hydrogen) atoms. The summed E-state index contributed by atoms with van der Waals surface area (Å²) in [6.45, 7) is 2.41. The van der Waals surface area contributed by atoms with Crippen LogP contribution in [-0.2, 0) is 13.0 Å². The number of nitrogens with zero attached hydrogens (tertiary/aromatic N) is 3. The van der Waals surface area contributed by atoms with E-state index in [-0.39, 0.29) is 5.69 Å². The first-order chi connectivity index (χ1) is 9.69. The van der Waals surface area contributed by atoms with Crippen LogP contribution >= 0.6 is 0 Å². The molecule has 3 N–H and O–H groups in total. The van der Waals surface area contributed by atoms with Gasteiger partial charge in [-0.2, -0.15) is 0 Å². The number of nitrogens with one attached hydrogen (secondary N) is 1. The molecule has 0 unspecified atom stereocenters. The van der Waals surface area contributed by atoms with Gasteiger partial charge in [0.25, 0.3) is 0 Å². The Morgan fingerprint density at radius 2 is 2.00 bits per heavy atom. The van der Waals surface area contributed by atoms with E-state index in [1.807, 2.05) is 37.3 Å². The molecule has 0 bridgehead atoms. The zero-order chi connectivity index (χ0) is 14.1. The average molecular weight is 269 g/mol. The predicted octanol–water partition coefficient (Wildman–Crippen LogP) is 1.31. The molecule has 0 radical (unpaired) electrons. The highest BCUT2D eigenvalue weighted by Gasteiger charge is 2.13. The van der Waals surface area contributed by atoms with Gasteiger partial charge in [0.1, 0.15) is 11.3 Å². The minimum atomic E-state index is -0.224. The molecule has 0 aliphatic rings. The third-order valence-electron chi connectivity index (χ3n) is 3.20. The minimum Gasteiger partial charge on any atom is -0.382 e. The first-order valence-electron chi connectivity index (χ1n) is 6.48. The van der Waals surface area contributed by atoms with Crippen molar-refractivity contribution in [3.8, 4) is 0 Å². The molecule has 2 heterocycles. The van der Waals surface area contributed by atoms with Gasteiger partial charge in [0.05, 0.1) is 6.54 Å². The van der Waals surface area contributed by atoms with Crippen molar-refractivity contribution in [1.29, 1.82) is 0 Å². The number of H-pyrrole nitrogens is 1. The molecule has 0 spiro atoms. The summed E-state index contributed by atoms with van der Waals surface area (Å²) in [4.78, 5) is 23.4. The van der Waals surface area contributed by atoms with Gasteiger partial charge in [-0.25, -0.2) is 14.8 Å². The largest absolute Gasteiger partial charge is 0.382 e. The van der Waals surface area contributed by atoms with Gasteiger partial charge in [-0.05, 0) is 5.56 Å². The second-order valence-electron chi connectivity index (χ2n) is 4.58.